The van der Waals surface area contributed by atoms with E-state index in [1.54, 1.807) is 0 Å². The van der Waals surface area contributed by atoms with Gasteiger partial charge in [0.05, 0.1) is 6.20 Å². The molecular weight excluding hydrogens is 364 g/mol. The van der Waals surface area contributed by atoms with Gasteiger partial charge in [-0.25, -0.2) is 4.79 Å². The normalized spacial score (nSPS) is 12.0. The Bertz CT molecular complexity index is 666. The van der Waals surface area contributed by atoms with E-state index in [1.165, 1.54) is 47.0 Å². The second kappa shape index (κ2) is 4.41. The first kappa shape index (κ1) is 13.1. The maximum atomic E-state index is 12.5. The van der Waals surface area contributed by atoms with E-state index in [9.17, 15) is 23.1 Å². The Hall–Kier alpha value is -1.32. The lowest BCUT2D eigenvalue weighted by Crippen LogP contribution is -2.46. The van der Waals surface area contributed by atoms with Crippen molar-refractivity contribution in [1.29, 1.82) is 0 Å². The molecule has 1 N–H and O–H groups in total. The summed E-state index contributed by atoms with van der Waals surface area (Å²) in [5.74, 6) is -0.677. The molecular formula is C10H7F3IN2O2+. The van der Waals surface area contributed by atoms with Crippen molar-refractivity contribution in [3.63, 3.8) is 0 Å². The van der Waals surface area contributed by atoms with Crippen molar-refractivity contribution in [3.8, 4) is 5.88 Å². The quantitative estimate of drug-likeness (QED) is 0.610. The third-order valence-electron chi connectivity index (χ3n) is 2.31. The number of pyridine rings is 1. The SMILES string of the molecule is O=c1c(I)c(O)[n+](CC(F)(F)F)c2ccccn12. The second-order valence-electron chi connectivity index (χ2n) is 3.57. The fourth-order valence-corrected chi connectivity index (χ4v) is 2.14. The zero-order chi connectivity index (χ0) is 13.5. The summed E-state index contributed by atoms with van der Waals surface area (Å²) in [7, 11) is 0. The first-order valence-electron chi connectivity index (χ1n) is 4.79. The molecule has 0 saturated carbocycles. The van der Waals surface area contributed by atoms with Crippen LogP contribution < -0.4 is 10.1 Å². The molecule has 0 radical (unpaired) electrons. The van der Waals surface area contributed by atoms with Gasteiger partial charge in [-0.2, -0.15) is 22.1 Å². The van der Waals surface area contributed by atoms with E-state index in [0.29, 0.717) is 4.57 Å². The smallest absolute Gasteiger partial charge is 0.426 e. The van der Waals surface area contributed by atoms with Crippen molar-refractivity contribution in [2.24, 2.45) is 0 Å². The van der Waals surface area contributed by atoms with Crippen molar-refractivity contribution in [1.82, 2.24) is 4.40 Å². The molecule has 0 atom stereocenters. The summed E-state index contributed by atoms with van der Waals surface area (Å²) in [6.45, 7) is -1.36. The van der Waals surface area contributed by atoms with Gasteiger partial charge in [0.25, 0.3) is 5.65 Å². The van der Waals surface area contributed by atoms with E-state index in [4.69, 9.17) is 0 Å². The van der Waals surface area contributed by atoms with Crippen LogP contribution in [-0.4, -0.2) is 15.7 Å². The van der Waals surface area contributed by atoms with Gasteiger partial charge in [0, 0.05) is 6.07 Å². The molecule has 96 valence electrons. The van der Waals surface area contributed by atoms with Crippen molar-refractivity contribution in [2.45, 2.75) is 12.7 Å². The zero-order valence-corrected chi connectivity index (χ0v) is 10.9. The van der Waals surface area contributed by atoms with Gasteiger partial charge >= 0.3 is 17.6 Å². The van der Waals surface area contributed by atoms with E-state index < -0.39 is 24.2 Å². The highest BCUT2D eigenvalue weighted by molar-refractivity contribution is 14.1. The highest BCUT2D eigenvalue weighted by Gasteiger charge is 2.35. The summed E-state index contributed by atoms with van der Waals surface area (Å²) in [6.07, 6.45) is -3.13. The summed E-state index contributed by atoms with van der Waals surface area (Å²) in [5, 5.41) is 9.68. The number of rotatable bonds is 1. The minimum atomic E-state index is -4.49. The fourth-order valence-electron chi connectivity index (χ4n) is 1.59. The first-order chi connectivity index (χ1) is 8.31. The van der Waals surface area contributed by atoms with Gasteiger partial charge in [0.1, 0.15) is 0 Å². The Kier molecular flexibility index (Phi) is 3.21. The summed E-state index contributed by atoms with van der Waals surface area (Å²) in [5.41, 5.74) is -0.570. The number of aromatic hydroxyl groups is 1. The van der Waals surface area contributed by atoms with Crippen molar-refractivity contribution < 1.29 is 22.8 Å². The summed E-state index contributed by atoms with van der Waals surface area (Å²) in [4.78, 5) is 11.8. The van der Waals surface area contributed by atoms with Crippen molar-refractivity contribution >= 4 is 28.2 Å². The number of alkyl halides is 3. The standard InChI is InChI=1S/C10H6F3IN2O2/c11-10(12,13)5-16-6-3-1-2-4-15(6)8(17)7(14)9(16)18/h1-4H,5H2/p+1. The highest BCUT2D eigenvalue weighted by Crippen LogP contribution is 2.18. The van der Waals surface area contributed by atoms with Crippen molar-refractivity contribution in [3.05, 3.63) is 38.3 Å². The fraction of sp³-hybridized carbons (Fsp3) is 0.200. The Morgan fingerprint density at radius 1 is 1.39 bits per heavy atom. The van der Waals surface area contributed by atoms with Gasteiger partial charge in [-0.3, -0.25) is 0 Å². The lowest BCUT2D eigenvalue weighted by Gasteiger charge is -2.09. The molecule has 0 aliphatic heterocycles. The maximum absolute atomic E-state index is 12.5. The third-order valence-corrected chi connectivity index (χ3v) is 3.25. The van der Waals surface area contributed by atoms with Crippen LogP contribution in [0.5, 0.6) is 5.88 Å². The van der Waals surface area contributed by atoms with Crippen LogP contribution in [0.2, 0.25) is 0 Å². The lowest BCUT2D eigenvalue weighted by atomic mass is 10.4. The van der Waals surface area contributed by atoms with E-state index in [0.717, 1.165) is 4.40 Å². The lowest BCUT2D eigenvalue weighted by molar-refractivity contribution is -0.704. The molecule has 2 heterocycles. The van der Waals surface area contributed by atoms with Gasteiger partial charge in [0.15, 0.2) is 10.1 Å². The van der Waals surface area contributed by atoms with E-state index in [2.05, 4.69) is 0 Å². The zero-order valence-electron chi connectivity index (χ0n) is 8.78. The topological polar surface area (TPSA) is 45.6 Å². The number of nitrogens with zero attached hydrogens (tertiary/aromatic N) is 2. The van der Waals surface area contributed by atoms with Crippen LogP contribution in [-0.2, 0) is 6.54 Å². The molecule has 0 aliphatic carbocycles. The number of fused-ring (bicyclic) bond motifs is 1. The molecule has 8 heteroatoms. The average Bonchev–Trinajstić information content (AvgIpc) is 2.31. The molecule has 0 aromatic carbocycles. The molecule has 0 spiro atoms. The Labute approximate surface area is 112 Å². The largest absolute Gasteiger partial charge is 0.477 e. The number of aromatic nitrogens is 2. The minimum absolute atomic E-state index is 0.0160. The van der Waals surface area contributed by atoms with Crippen LogP contribution in [0.3, 0.4) is 0 Å². The molecule has 2 rings (SSSR count). The van der Waals surface area contributed by atoms with Gasteiger partial charge in [0.2, 0.25) is 0 Å². The van der Waals surface area contributed by atoms with Crippen LogP contribution in [0.1, 0.15) is 0 Å². The molecule has 0 amide bonds. The predicted octanol–water partition coefficient (Wildman–Crippen LogP) is 1.46. The van der Waals surface area contributed by atoms with Gasteiger partial charge in [-0.1, -0.05) is 6.07 Å². The van der Waals surface area contributed by atoms with E-state index in [1.807, 2.05) is 0 Å². The van der Waals surface area contributed by atoms with Crippen LogP contribution in [0.4, 0.5) is 13.2 Å². The van der Waals surface area contributed by atoms with Crippen LogP contribution in [0.15, 0.2) is 29.2 Å². The Morgan fingerprint density at radius 3 is 2.67 bits per heavy atom. The number of halogens is 4. The van der Waals surface area contributed by atoms with Crippen molar-refractivity contribution in [2.75, 3.05) is 0 Å². The third kappa shape index (κ3) is 2.28. The Morgan fingerprint density at radius 2 is 2.06 bits per heavy atom. The number of hydrogen-bond donors (Lipinski definition) is 1. The summed E-state index contributed by atoms with van der Waals surface area (Å²) >= 11 is 1.52. The predicted molar refractivity (Wildman–Crippen MR) is 64.3 cm³/mol. The monoisotopic (exact) mass is 371 g/mol. The molecule has 4 nitrogen and oxygen atoms in total. The Balaban J connectivity index is 2.83. The molecule has 0 fully saturated rings. The summed E-state index contributed by atoms with van der Waals surface area (Å²) < 4.78 is 38.9. The molecule has 2 aromatic heterocycles. The minimum Gasteiger partial charge on any atom is -0.477 e. The molecule has 0 bridgehead atoms. The van der Waals surface area contributed by atoms with Crippen LogP contribution in [0.25, 0.3) is 5.65 Å². The number of hydrogen-bond acceptors (Lipinski definition) is 2. The summed E-state index contributed by atoms with van der Waals surface area (Å²) in [6, 6.07) is 4.36. The van der Waals surface area contributed by atoms with E-state index in [-0.39, 0.29) is 9.22 Å². The maximum Gasteiger partial charge on any atom is 0.426 e. The van der Waals surface area contributed by atoms with Gasteiger partial charge in [-0.15, -0.1) is 0 Å². The molecule has 0 aliphatic rings. The molecule has 0 unspecified atom stereocenters. The van der Waals surface area contributed by atoms with Gasteiger partial charge in [-0.05, 0) is 28.7 Å². The molecule has 18 heavy (non-hydrogen) atoms. The highest BCUT2D eigenvalue weighted by atomic mass is 127. The molecule has 2 aromatic rings. The van der Waals surface area contributed by atoms with E-state index >= 15 is 0 Å². The van der Waals surface area contributed by atoms with Gasteiger partial charge < -0.3 is 5.11 Å². The van der Waals surface area contributed by atoms with Crippen LogP contribution >= 0.6 is 22.6 Å². The second-order valence-corrected chi connectivity index (χ2v) is 4.65. The average molecular weight is 371 g/mol. The van der Waals surface area contributed by atoms with Crippen LogP contribution in [0, 0.1) is 3.57 Å². The first-order valence-corrected chi connectivity index (χ1v) is 5.87. The molecule has 0 saturated heterocycles.